The molecule has 9 nitrogen and oxygen atoms in total. The van der Waals surface area contributed by atoms with E-state index in [0.29, 0.717) is 23.3 Å². The lowest BCUT2D eigenvalue weighted by molar-refractivity contribution is 0.673. The normalized spacial score (nSPS) is 12.4. The van der Waals surface area contributed by atoms with Gasteiger partial charge in [0.25, 0.3) is 6.71 Å². The first-order valence-electron chi connectivity index (χ1n) is 32.1. The highest BCUT2D eigenvalue weighted by molar-refractivity contribution is 7.00. The predicted molar refractivity (Wildman–Crippen MR) is 389 cm³/mol. The molecule has 2 aliphatic heterocycles. The molecule has 442 valence electrons. The Labute approximate surface area is 547 Å². The minimum atomic E-state index is 0.0411. The number of anilines is 6. The average molecular weight is 1210 g/mol. The number of furan rings is 1. The number of fused-ring (bicyclic) bond motifs is 11. The molecule has 10 heteroatoms. The van der Waals surface area contributed by atoms with Crippen molar-refractivity contribution >= 4 is 101 Å². The van der Waals surface area contributed by atoms with E-state index in [1.165, 1.54) is 27.8 Å². The first-order chi connectivity index (χ1) is 47.1. The van der Waals surface area contributed by atoms with E-state index < -0.39 is 0 Å². The van der Waals surface area contributed by atoms with Gasteiger partial charge in [-0.15, -0.1) is 0 Å². The molecule has 0 saturated heterocycles. The second-order valence-electron chi connectivity index (χ2n) is 24.3. The number of aromatic nitrogens is 6. The zero-order valence-corrected chi connectivity index (χ0v) is 51.2. The van der Waals surface area contributed by atoms with Crippen LogP contribution in [0, 0.1) is 0 Å². The highest BCUT2D eigenvalue weighted by atomic mass is 16.3. The number of nitrogens with zero attached hydrogens (tertiary/aromatic N) is 8. The van der Waals surface area contributed by atoms with E-state index in [1.54, 1.807) is 0 Å². The third-order valence-electron chi connectivity index (χ3n) is 18.8. The van der Waals surface area contributed by atoms with Gasteiger partial charge >= 0.3 is 0 Å². The first-order valence-corrected chi connectivity index (χ1v) is 32.1. The molecule has 4 aromatic heterocycles. The Bertz CT molecular complexity index is 5840. The van der Waals surface area contributed by atoms with Gasteiger partial charge in [0.05, 0.1) is 33.5 Å². The maximum atomic E-state index is 6.83. The van der Waals surface area contributed by atoms with Gasteiger partial charge < -0.3 is 18.8 Å². The number of benzene rings is 13. The molecule has 0 unspecified atom stereocenters. The second kappa shape index (κ2) is 22.0. The highest BCUT2D eigenvalue weighted by Gasteiger charge is 2.43. The summed E-state index contributed by atoms with van der Waals surface area (Å²) in [7, 11) is 0. The SMILES string of the molecule is c1ccc(-c2cc(-c3cc(-c4nc(-c5ccccc5)nc(-c5ccccc5)n4)ccc3-n3c4ccccc4c4c5oc6ccccc6c5ccc43)nc(-c3cccc(-c4cccc(N5c6ccccc6B6c7ccccc7N(c7ccccc7)c7cccc5c76)c4)c3)n2)cc1. The van der Waals surface area contributed by atoms with Gasteiger partial charge in [-0.3, -0.25) is 0 Å². The van der Waals surface area contributed by atoms with Crippen molar-refractivity contribution < 1.29 is 4.42 Å². The predicted octanol–water partition coefficient (Wildman–Crippen LogP) is 19.4. The number of para-hydroxylation sites is 5. The monoisotopic (exact) mass is 1210 g/mol. The van der Waals surface area contributed by atoms with Crippen molar-refractivity contribution in [3.63, 3.8) is 0 Å². The zero-order chi connectivity index (χ0) is 62.5. The molecule has 0 aliphatic carbocycles. The van der Waals surface area contributed by atoms with E-state index in [4.69, 9.17) is 29.3 Å². The summed E-state index contributed by atoms with van der Waals surface area (Å²) in [6.45, 7) is 0.0411. The Kier molecular flexibility index (Phi) is 12.5. The summed E-state index contributed by atoms with van der Waals surface area (Å²) >= 11 is 0. The fourth-order valence-corrected chi connectivity index (χ4v) is 14.6. The Hall–Kier alpha value is -12.8. The van der Waals surface area contributed by atoms with Crippen molar-refractivity contribution in [3.8, 4) is 84.9 Å². The Morgan fingerprint density at radius 3 is 1.48 bits per heavy atom. The van der Waals surface area contributed by atoms with Gasteiger partial charge in [0.2, 0.25) is 0 Å². The van der Waals surface area contributed by atoms with Gasteiger partial charge in [-0.25, -0.2) is 24.9 Å². The standard InChI is InChI=1S/C85H53BN8O/c1-5-24-54(25-6-1)69-53-70(88-84(87-69)59-32-21-30-57(50-59)58-31-22-35-62(51-58)93-74-42-19-16-39-68(74)86-67-38-15-18-41-73(67)92(61-33-11-4-12-34-61)76-43-23-44-77(93)80(76)86)66-52-60(85-90-82(55-26-7-2-8-27-55)89-83(91-85)56-28-9-3-10-29-56)46-48-72(66)94-71-40-17-13-37-65(71)79-75(94)49-47-64-63-36-14-20-45-78(63)95-81(64)79/h1-53H. The van der Waals surface area contributed by atoms with Crippen LogP contribution in [0.2, 0.25) is 0 Å². The summed E-state index contributed by atoms with van der Waals surface area (Å²) in [6.07, 6.45) is 0. The molecule has 19 rings (SSSR count). The smallest absolute Gasteiger partial charge is 0.252 e. The van der Waals surface area contributed by atoms with Crippen molar-refractivity contribution in [2.24, 2.45) is 0 Å². The molecule has 0 saturated carbocycles. The molecule has 0 bridgehead atoms. The largest absolute Gasteiger partial charge is 0.455 e. The van der Waals surface area contributed by atoms with Crippen LogP contribution in [0.5, 0.6) is 0 Å². The van der Waals surface area contributed by atoms with Crippen LogP contribution in [-0.4, -0.2) is 36.2 Å². The average Bonchev–Trinajstić information content (AvgIpc) is 1.33. The number of hydrogen-bond donors (Lipinski definition) is 0. The molecule has 13 aromatic carbocycles. The highest BCUT2D eigenvalue weighted by Crippen LogP contribution is 2.47. The van der Waals surface area contributed by atoms with Gasteiger partial charge in [0.1, 0.15) is 11.2 Å². The summed E-state index contributed by atoms with van der Waals surface area (Å²) in [5.41, 5.74) is 24.2. The zero-order valence-electron chi connectivity index (χ0n) is 51.2. The minimum absolute atomic E-state index is 0.0411. The van der Waals surface area contributed by atoms with E-state index in [2.05, 4.69) is 257 Å². The molecule has 0 N–H and O–H groups in total. The molecule has 17 aromatic rings. The molecule has 0 amide bonds. The van der Waals surface area contributed by atoms with Crippen LogP contribution in [0.4, 0.5) is 34.1 Å². The van der Waals surface area contributed by atoms with Crippen LogP contribution >= 0.6 is 0 Å². The van der Waals surface area contributed by atoms with E-state index in [9.17, 15) is 0 Å². The summed E-state index contributed by atoms with van der Waals surface area (Å²) in [5.74, 6) is 2.26. The van der Waals surface area contributed by atoms with Crippen LogP contribution in [0.25, 0.3) is 129 Å². The van der Waals surface area contributed by atoms with E-state index in [-0.39, 0.29) is 6.71 Å². The van der Waals surface area contributed by atoms with Crippen LogP contribution in [0.15, 0.2) is 326 Å². The van der Waals surface area contributed by atoms with Gasteiger partial charge in [0, 0.05) is 83.7 Å². The maximum Gasteiger partial charge on any atom is 0.252 e. The summed E-state index contributed by atoms with van der Waals surface area (Å²) in [5, 5.41) is 4.26. The lowest BCUT2D eigenvalue weighted by Crippen LogP contribution is -2.61. The summed E-state index contributed by atoms with van der Waals surface area (Å²) in [6, 6.07) is 114. The van der Waals surface area contributed by atoms with Crippen molar-refractivity contribution in [3.05, 3.63) is 322 Å². The number of hydrogen-bond acceptors (Lipinski definition) is 8. The van der Waals surface area contributed by atoms with Gasteiger partial charge in [0.15, 0.2) is 23.3 Å². The van der Waals surface area contributed by atoms with Crippen molar-refractivity contribution in [2.75, 3.05) is 9.80 Å². The third kappa shape index (κ3) is 8.91. The quantitative estimate of drug-likeness (QED) is 0.125. The van der Waals surface area contributed by atoms with Gasteiger partial charge in [-0.1, -0.05) is 218 Å². The van der Waals surface area contributed by atoms with Gasteiger partial charge in [-0.05, 0) is 131 Å². The molecule has 0 radical (unpaired) electrons. The van der Waals surface area contributed by atoms with Gasteiger partial charge in [-0.2, -0.15) is 0 Å². The Morgan fingerprint density at radius 2 is 0.779 bits per heavy atom. The van der Waals surface area contributed by atoms with E-state index in [1.807, 2.05) is 78.9 Å². The first kappa shape index (κ1) is 54.0. The van der Waals surface area contributed by atoms with Crippen LogP contribution in [0.1, 0.15) is 0 Å². The fourth-order valence-electron chi connectivity index (χ4n) is 14.6. The molecule has 95 heavy (non-hydrogen) atoms. The van der Waals surface area contributed by atoms with E-state index >= 15 is 0 Å². The number of rotatable bonds is 10. The Balaban J connectivity index is 0.793. The summed E-state index contributed by atoms with van der Waals surface area (Å²) in [4.78, 5) is 31.7. The summed E-state index contributed by atoms with van der Waals surface area (Å²) < 4.78 is 9.19. The molecule has 0 atom stereocenters. The fraction of sp³-hybridized carbons (Fsp3) is 0. The molecule has 2 aliphatic rings. The van der Waals surface area contributed by atoms with Crippen molar-refractivity contribution in [2.45, 2.75) is 0 Å². The molecule has 6 heterocycles. The Morgan fingerprint density at radius 1 is 0.284 bits per heavy atom. The lowest BCUT2D eigenvalue weighted by atomic mass is 9.33. The van der Waals surface area contributed by atoms with Crippen LogP contribution in [0.3, 0.4) is 0 Å². The molecule has 0 spiro atoms. The van der Waals surface area contributed by atoms with Crippen molar-refractivity contribution in [1.29, 1.82) is 0 Å². The third-order valence-corrected chi connectivity index (χ3v) is 18.8. The van der Waals surface area contributed by atoms with Crippen molar-refractivity contribution in [1.82, 2.24) is 29.5 Å². The molecular formula is C85H53BN8O. The molecular weight excluding hydrogens is 1160 g/mol. The topological polar surface area (TPSA) is 89.0 Å². The van der Waals surface area contributed by atoms with Crippen LogP contribution in [-0.2, 0) is 0 Å². The molecule has 0 fully saturated rings. The van der Waals surface area contributed by atoms with Crippen LogP contribution < -0.4 is 26.2 Å². The van der Waals surface area contributed by atoms with E-state index in [0.717, 1.165) is 128 Å². The second-order valence-corrected chi connectivity index (χ2v) is 24.3. The lowest BCUT2D eigenvalue weighted by Gasteiger charge is -2.44. The maximum absolute atomic E-state index is 6.83. The minimum Gasteiger partial charge on any atom is -0.455 e.